The van der Waals surface area contributed by atoms with E-state index in [1.807, 2.05) is 0 Å². The van der Waals surface area contributed by atoms with Crippen LogP contribution in [-0.4, -0.2) is 62.9 Å². The highest BCUT2D eigenvalue weighted by atomic mass is 32.1. The third-order valence-corrected chi connectivity index (χ3v) is 5.90. The summed E-state index contributed by atoms with van der Waals surface area (Å²) in [6.07, 6.45) is -5.78. The molecule has 12 heteroatoms. The predicted molar refractivity (Wildman–Crippen MR) is 114 cm³/mol. The van der Waals surface area contributed by atoms with E-state index in [0.717, 1.165) is 17.4 Å². The molecule has 3 heterocycles. The Hall–Kier alpha value is -2.60. The molecule has 1 saturated heterocycles. The summed E-state index contributed by atoms with van der Waals surface area (Å²) in [5, 5.41) is 5.93. The molecule has 1 unspecified atom stereocenters. The third kappa shape index (κ3) is 5.41. The highest BCUT2D eigenvalue weighted by Gasteiger charge is 2.36. The summed E-state index contributed by atoms with van der Waals surface area (Å²) >= 11 is 0.790. The Labute approximate surface area is 194 Å². The van der Waals surface area contributed by atoms with Gasteiger partial charge in [0.1, 0.15) is 11.9 Å². The molecule has 0 bridgehead atoms. The number of nitrogens with one attached hydrogen (secondary N) is 2. The minimum Gasteiger partial charge on any atom is -0.446 e. The maximum Gasteiger partial charge on any atom is 0.417 e. The first-order valence-corrected chi connectivity index (χ1v) is 10.5. The lowest BCUT2D eigenvalue weighted by Gasteiger charge is -2.33. The number of methoxy groups -OCH3 is 1. The SMILES string of the molecule is [2H]C([2H])([2H])OC([2H])([2H])C(C)NC(=O)OC1CCN(c2cc(C(F)(F)F)c3scc(C(=O)NC)c3n2)CC1. The molecule has 0 spiro atoms. The van der Waals surface area contributed by atoms with E-state index < -0.39 is 49.5 Å². The number of rotatable bonds is 6. The molecular weight excluding hydrogens is 449 g/mol. The van der Waals surface area contributed by atoms with Gasteiger partial charge in [-0.25, -0.2) is 9.78 Å². The summed E-state index contributed by atoms with van der Waals surface area (Å²) in [6, 6.07) is -0.410. The number of halogens is 3. The van der Waals surface area contributed by atoms with Crippen LogP contribution in [0.4, 0.5) is 23.8 Å². The lowest BCUT2D eigenvalue weighted by atomic mass is 10.1. The molecule has 0 radical (unpaired) electrons. The second-order valence-electron chi connectivity index (χ2n) is 7.11. The van der Waals surface area contributed by atoms with Gasteiger partial charge in [0.25, 0.3) is 5.91 Å². The average molecular weight is 480 g/mol. The second-order valence-corrected chi connectivity index (χ2v) is 7.99. The number of piperidine rings is 1. The molecule has 2 aromatic heterocycles. The van der Waals surface area contributed by atoms with Crippen LogP contribution in [0.5, 0.6) is 0 Å². The van der Waals surface area contributed by atoms with Crippen molar-refractivity contribution >= 4 is 39.4 Å². The lowest BCUT2D eigenvalue weighted by molar-refractivity contribution is -0.136. The topological polar surface area (TPSA) is 92.8 Å². The van der Waals surface area contributed by atoms with E-state index in [1.54, 1.807) is 4.90 Å². The Morgan fingerprint density at radius 3 is 2.78 bits per heavy atom. The van der Waals surface area contributed by atoms with Gasteiger partial charge in [0.15, 0.2) is 0 Å². The fourth-order valence-electron chi connectivity index (χ4n) is 3.35. The first-order valence-electron chi connectivity index (χ1n) is 12.2. The van der Waals surface area contributed by atoms with Gasteiger partial charge in [-0.2, -0.15) is 13.2 Å². The normalized spacial score (nSPS) is 19.3. The zero-order valence-electron chi connectivity index (χ0n) is 22.2. The maximum atomic E-state index is 13.8. The molecular formula is C20H25F3N4O4S. The van der Waals surface area contributed by atoms with E-state index in [-0.39, 0.29) is 47.5 Å². The molecule has 1 aliphatic heterocycles. The van der Waals surface area contributed by atoms with Crippen molar-refractivity contribution < 1.29 is 39.1 Å². The Morgan fingerprint density at radius 1 is 1.44 bits per heavy atom. The van der Waals surface area contributed by atoms with Gasteiger partial charge in [-0.05, 0) is 13.0 Å². The highest BCUT2D eigenvalue weighted by Crippen LogP contribution is 2.40. The largest absolute Gasteiger partial charge is 0.446 e. The predicted octanol–water partition coefficient (Wildman–Crippen LogP) is 3.40. The molecule has 0 saturated carbocycles. The standard InChI is InChI=1S/C20H25F3N4O4S/c1-11(9-30-3)25-19(29)31-12-4-6-27(7-5-12)15-8-14(20(21,22)23)17-16(26-15)13(10-32-17)18(28)24-2/h8,10-12H,4-7,9H2,1-3H3,(H,24,28)(H,25,29)/i3D3,9D2. The number of hydrogen-bond donors (Lipinski definition) is 2. The van der Waals surface area contributed by atoms with Crippen molar-refractivity contribution in [2.45, 2.75) is 38.1 Å². The van der Waals surface area contributed by atoms with Crippen molar-refractivity contribution in [1.29, 1.82) is 0 Å². The van der Waals surface area contributed by atoms with Gasteiger partial charge in [-0.15, -0.1) is 11.3 Å². The minimum atomic E-state index is -4.66. The molecule has 1 aliphatic rings. The van der Waals surface area contributed by atoms with Crippen LogP contribution in [0.3, 0.4) is 0 Å². The van der Waals surface area contributed by atoms with E-state index in [0.29, 0.717) is 0 Å². The molecule has 2 aromatic rings. The van der Waals surface area contributed by atoms with Crippen molar-refractivity contribution in [2.24, 2.45) is 0 Å². The molecule has 2 N–H and O–H groups in total. The quantitative estimate of drug-likeness (QED) is 0.660. The number of hydrogen-bond acceptors (Lipinski definition) is 7. The van der Waals surface area contributed by atoms with E-state index >= 15 is 0 Å². The number of alkyl carbamates (subject to hydrolysis) is 1. The number of thiophene rings is 1. The summed E-state index contributed by atoms with van der Waals surface area (Å²) in [6.45, 7) is -1.08. The van der Waals surface area contributed by atoms with Crippen LogP contribution in [0.15, 0.2) is 11.4 Å². The Kier molecular flexibility index (Phi) is 5.54. The fourth-order valence-corrected chi connectivity index (χ4v) is 4.37. The van der Waals surface area contributed by atoms with Crippen molar-refractivity contribution in [3.05, 3.63) is 22.6 Å². The molecule has 3 rings (SSSR count). The van der Waals surface area contributed by atoms with E-state index in [2.05, 4.69) is 20.4 Å². The molecule has 0 aliphatic carbocycles. The van der Waals surface area contributed by atoms with Crippen molar-refractivity contribution in [3.63, 3.8) is 0 Å². The van der Waals surface area contributed by atoms with E-state index in [1.165, 1.54) is 19.4 Å². The molecule has 1 fully saturated rings. The number of carbonyl (C=O) groups is 2. The van der Waals surface area contributed by atoms with Crippen molar-refractivity contribution in [1.82, 2.24) is 15.6 Å². The molecule has 8 nitrogen and oxygen atoms in total. The smallest absolute Gasteiger partial charge is 0.417 e. The molecule has 32 heavy (non-hydrogen) atoms. The number of nitrogens with zero attached hydrogens (tertiary/aromatic N) is 2. The number of pyridine rings is 1. The zero-order chi connectivity index (χ0) is 27.8. The number of fused-ring (bicyclic) bond motifs is 1. The zero-order valence-corrected chi connectivity index (χ0v) is 18.0. The highest BCUT2D eigenvalue weighted by molar-refractivity contribution is 7.17. The summed E-state index contributed by atoms with van der Waals surface area (Å²) < 4.78 is 87.2. The summed E-state index contributed by atoms with van der Waals surface area (Å²) in [7, 11) is -1.64. The number of alkyl halides is 3. The van der Waals surface area contributed by atoms with Crippen LogP contribution >= 0.6 is 11.3 Å². The van der Waals surface area contributed by atoms with E-state index in [9.17, 15) is 22.8 Å². The van der Waals surface area contributed by atoms with Gasteiger partial charge >= 0.3 is 12.3 Å². The van der Waals surface area contributed by atoms with Gasteiger partial charge < -0.3 is 25.0 Å². The van der Waals surface area contributed by atoms with Gasteiger partial charge in [0.2, 0.25) is 0 Å². The van der Waals surface area contributed by atoms with Crippen LogP contribution in [-0.2, 0) is 15.7 Å². The second kappa shape index (κ2) is 9.90. The first-order chi connectivity index (χ1) is 17.0. The van der Waals surface area contributed by atoms with Crippen molar-refractivity contribution in [2.75, 3.05) is 38.6 Å². The molecule has 0 aromatic carbocycles. The number of aromatic nitrogens is 1. The maximum absolute atomic E-state index is 13.8. The van der Waals surface area contributed by atoms with Gasteiger partial charge in [-0.1, -0.05) is 0 Å². The molecule has 2 amide bonds. The number of amides is 2. The number of anilines is 1. The Morgan fingerprint density at radius 2 is 2.16 bits per heavy atom. The van der Waals surface area contributed by atoms with Gasteiger partial charge in [0, 0.05) is 45.4 Å². The van der Waals surface area contributed by atoms with E-state index in [4.69, 9.17) is 11.6 Å². The van der Waals surface area contributed by atoms with Crippen molar-refractivity contribution in [3.8, 4) is 0 Å². The summed E-state index contributed by atoms with van der Waals surface area (Å²) in [5.74, 6) is -0.514. The van der Waals surface area contributed by atoms with Crippen LogP contribution < -0.4 is 15.5 Å². The number of ether oxygens (including phenoxy) is 2. The van der Waals surface area contributed by atoms with Gasteiger partial charge in [0.05, 0.1) is 40.8 Å². The Bertz CT molecular complexity index is 1150. The van der Waals surface area contributed by atoms with Crippen LogP contribution in [0.25, 0.3) is 10.2 Å². The fraction of sp³-hybridized carbons (Fsp3) is 0.550. The van der Waals surface area contributed by atoms with Crippen LogP contribution in [0.2, 0.25) is 0 Å². The lowest BCUT2D eigenvalue weighted by Crippen LogP contribution is -2.42. The molecule has 176 valence electrons. The van der Waals surface area contributed by atoms with Crippen LogP contribution in [0.1, 0.15) is 42.5 Å². The van der Waals surface area contributed by atoms with Crippen LogP contribution in [0, 0.1) is 0 Å². The molecule has 1 atom stereocenters. The Balaban J connectivity index is 1.68. The third-order valence-electron chi connectivity index (χ3n) is 4.90. The summed E-state index contributed by atoms with van der Waals surface area (Å²) in [4.78, 5) is 30.3. The average Bonchev–Trinajstić information content (AvgIpc) is 3.20. The monoisotopic (exact) mass is 479 g/mol. The van der Waals surface area contributed by atoms with Gasteiger partial charge in [-0.3, -0.25) is 4.79 Å². The summed E-state index contributed by atoms with van der Waals surface area (Å²) in [5.41, 5.74) is -0.899. The number of carbonyl (C=O) groups excluding carboxylic acids is 2. The minimum absolute atomic E-state index is 0.0370. The first kappa shape index (κ1) is 17.9.